The maximum absolute atomic E-state index is 11.9. The fraction of sp³-hybridized carbons (Fsp3) is 0.917. The molecule has 0 aromatic heterocycles. The lowest BCUT2D eigenvalue weighted by Crippen LogP contribution is -2.46. The zero-order valence-electron chi connectivity index (χ0n) is 11.8. The Hall–Kier alpha value is -0.810. The number of likely N-dealkylation sites (N-methyl/N-ethyl adjacent to an activating group) is 1. The van der Waals surface area contributed by atoms with E-state index in [9.17, 15) is 9.90 Å². The summed E-state index contributed by atoms with van der Waals surface area (Å²) in [5, 5.41) is 12.6. The third-order valence-corrected chi connectivity index (χ3v) is 2.10. The van der Waals surface area contributed by atoms with Crippen LogP contribution in [0.25, 0.3) is 0 Å². The van der Waals surface area contributed by atoms with Gasteiger partial charge in [-0.2, -0.15) is 0 Å². The zero-order chi connectivity index (χ0) is 13.6. The van der Waals surface area contributed by atoms with Gasteiger partial charge in [-0.05, 0) is 41.7 Å². The maximum Gasteiger partial charge on any atom is 0.410 e. The van der Waals surface area contributed by atoms with Gasteiger partial charge in [0.25, 0.3) is 0 Å². The van der Waals surface area contributed by atoms with Crippen LogP contribution in [-0.2, 0) is 4.74 Å². The van der Waals surface area contributed by atoms with Gasteiger partial charge in [0.15, 0.2) is 0 Å². The number of nitrogens with zero attached hydrogens (tertiary/aromatic N) is 1. The molecule has 0 saturated heterocycles. The van der Waals surface area contributed by atoms with Crippen molar-refractivity contribution in [2.75, 3.05) is 20.1 Å². The summed E-state index contributed by atoms with van der Waals surface area (Å²) in [7, 11) is 1.76. The molecule has 0 unspecified atom stereocenters. The molecule has 0 rings (SSSR count). The lowest BCUT2D eigenvalue weighted by molar-refractivity contribution is 0.00776. The number of aliphatic hydroxyl groups is 1. The Labute approximate surface area is 104 Å². The minimum absolute atomic E-state index is 0.00337. The van der Waals surface area contributed by atoms with Gasteiger partial charge in [0.1, 0.15) is 5.60 Å². The van der Waals surface area contributed by atoms with E-state index in [1.165, 1.54) is 4.90 Å². The lowest BCUT2D eigenvalue weighted by atomic mass is 10.2. The van der Waals surface area contributed by atoms with Crippen molar-refractivity contribution >= 4 is 6.09 Å². The van der Waals surface area contributed by atoms with Crippen molar-refractivity contribution in [2.24, 2.45) is 0 Å². The van der Waals surface area contributed by atoms with Gasteiger partial charge >= 0.3 is 6.09 Å². The molecule has 1 atom stereocenters. The van der Waals surface area contributed by atoms with Gasteiger partial charge in [-0.3, -0.25) is 0 Å². The largest absolute Gasteiger partial charge is 0.444 e. The molecule has 102 valence electrons. The van der Waals surface area contributed by atoms with Crippen LogP contribution in [0.3, 0.4) is 0 Å². The smallest absolute Gasteiger partial charge is 0.410 e. The summed E-state index contributed by atoms with van der Waals surface area (Å²) in [6.45, 7) is 10.00. The minimum atomic E-state index is -0.588. The van der Waals surface area contributed by atoms with Crippen LogP contribution in [0.4, 0.5) is 4.79 Å². The quantitative estimate of drug-likeness (QED) is 0.765. The van der Waals surface area contributed by atoms with Crippen molar-refractivity contribution in [3.05, 3.63) is 0 Å². The van der Waals surface area contributed by atoms with Crippen molar-refractivity contribution in [3.63, 3.8) is 0 Å². The molecule has 0 aliphatic heterocycles. The van der Waals surface area contributed by atoms with Crippen LogP contribution in [0.1, 0.15) is 34.6 Å². The van der Waals surface area contributed by atoms with Crippen LogP contribution in [0.5, 0.6) is 0 Å². The minimum Gasteiger partial charge on any atom is -0.444 e. The molecule has 0 aromatic rings. The highest BCUT2D eigenvalue weighted by molar-refractivity contribution is 5.68. The Balaban J connectivity index is 4.47. The first-order chi connectivity index (χ1) is 7.67. The second-order valence-corrected chi connectivity index (χ2v) is 5.44. The van der Waals surface area contributed by atoms with E-state index in [0.29, 0.717) is 6.54 Å². The van der Waals surface area contributed by atoms with Crippen molar-refractivity contribution < 1.29 is 14.6 Å². The number of hydrogen-bond acceptors (Lipinski definition) is 4. The fourth-order valence-corrected chi connectivity index (χ4v) is 1.34. The third kappa shape index (κ3) is 7.18. The van der Waals surface area contributed by atoms with Gasteiger partial charge in [0.05, 0.1) is 12.6 Å². The summed E-state index contributed by atoms with van der Waals surface area (Å²) in [6.07, 6.45) is -0.974. The number of nitrogens with one attached hydrogen (secondary N) is 1. The predicted molar refractivity (Wildman–Crippen MR) is 68.0 cm³/mol. The summed E-state index contributed by atoms with van der Waals surface area (Å²) in [6, 6.07) is -0.00337. The van der Waals surface area contributed by atoms with E-state index >= 15 is 0 Å². The Bertz CT molecular complexity index is 236. The van der Waals surface area contributed by atoms with E-state index < -0.39 is 11.7 Å². The molecule has 0 aromatic carbocycles. The zero-order valence-corrected chi connectivity index (χ0v) is 11.8. The molecular weight excluding hydrogens is 220 g/mol. The van der Waals surface area contributed by atoms with Crippen LogP contribution in [0.15, 0.2) is 0 Å². The summed E-state index contributed by atoms with van der Waals surface area (Å²) in [4.78, 5) is 13.4. The normalized spacial score (nSPS) is 13.6. The van der Waals surface area contributed by atoms with Crippen LogP contribution in [0, 0.1) is 0 Å². The molecule has 1 amide bonds. The Morgan fingerprint density at radius 3 is 2.29 bits per heavy atom. The first kappa shape index (κ1) is 16.2. The first-order valence-electron chi connectivity index (χ1n) is 5.99. The molecule has 17 heavy (non-hydrogen) atoms. The molecule has 0 heterocycles. The van der Waals surface area contributed by atoms with E-state index in [1.807, 2.05) is 34.6 Å². The molecule has 5 nitrogen and oxygen atoms in total. The van der Waals surface area contributed by atoms with E-state index in [2.05, 4.69) is 5.32 Å². The van der Waals surface area contributed by atoms with Crippen LogP contribution in [0.2, 0.25) is 0 Å². The van der Waals surface area contributed by atoms with Crippen LogP contribution < -0.4 is 5.32 Å². The third-order valence-electron chi connectivity index (χ3n) is 2.10. The molecule has 0 bridgehead atoms. The van der Waals surface area contributed by atoms with E-state index in [0.717, 1.165) is 0 Å². The lowest BCUT2D eigenvalue weighted by Gasteiger charge is -2.31. The van der Waals surface area contributed by atoms with Crippen LogP contribution >= 0.6 is 0 Å². The highest BCUT2D eigenvalue weighted by atomic mass is 16.6. The molecule has 0 spiro atoms. The van der Waals surface area contributed by atoms with Crippen molar-refractivity contribution in [1.29, 1.82) is 0 Å². The number of carbonyl (C=O) groups excluding carboxylic acids is 1. The average Bonchev–Trinajstić information content (AvgIpc) is 2.11. The SMILES string of the molecule is CNC[C@@H](O)CN(C(=O)OC(C)(C)C)C(C)C. The monoisotopic (exact) mass is 246 g/mol. The van der Waals surface area contributed by atoms with E-state index in [-0.39, 0.29) is 18.7 Å². The Kier molecular flexibility index (Phi) is 6.49. The van der Waals surface area contributed by atoms with Gasteiger partial charge in [0.2, 0.25) is 0 Å². The van der Waals surface area contributed by atoms with Gasteiger partial charge in [-0.25, -0.2) is 4.79 Å². The molecule has 0 aliphatic carbocycles. The first-order valence-corrected chi connectivity index (χ1v) is 5.99. The van der Waals surface area contributed by atoms with Gasteiger partial charge in [-0.15, -0.1) is 0 Å². The van der Waals surface area contributed by atoms with E-state index in [1.54, 1.807) is 7.05 Å². The molecule has 2 N–H and O–H groups in total. The van der Waals surface area contributed by atoms with Crippen molar-refractivity contribution in [2.45, 2.75) is 52.4 Å². The van der Waals surface area contributed by atoms with E-state index in [4.69, 9.17) is 4.74 Å². The average molecular weight is 246 g/mol. The highest BCUT2D eigenvalue weighted by Crippen LogP contribution is 2.12. The molecule has 5 heteroatoms. The maximum atomic E-state index is 11.9. The Morgan fingerprint density at radius 1 is 1.41 bits per heavy atom. The summed E-state index contributed by atoms with van der Waals surface area (Å²) >= 11 is 0. The van der Waals surface area contributed by atoms with Gasteiger partial charge in [0, 0.05) is 12.6 Å². The standard InChI is InChI=1S/C12H26N2O3/c1-9(2)14(8-10(15)7-13-6)11(16)17-12(3,4)5/h9-10,13,15H,7-8H2,1-6H3/t10-/m1/s1. The van der Waals surface area contributed by atoms with Crippen molar-refractivity contribution in [1.82, 2.24) is 10.2 Å². The second kappa shape index (κ2) is 6.81. The molecular formula is C12H26N2O3. The number of amides is 1. The number of ether oxygens (including phenoxy) is 1. The number of aliphatic hydroxyl groups excluding tert-OH is 1. The summed E-state index contributed by atoms with van der Waals surface area (Å²) in [5.74, 6) is 0. The predicted octanol–water partition coefficient (Wildman–Crippen LogP) is 1.21. The van der Waals surface area contributed by atoms with Gasteiger partial charge < -0.3 is 20.1 Å². The van der Waals surface area contributed by atoms with Crippen molar-refractivity contribution in [3.8, 4) is 0 Å². The summed E-state index contributed by atoms with van der Waals surface area (Å²) in [5.41, 5.74) is -0.516. The molecule has 0 aliphatic rings. The Morgan fingerprint density at radius 2 is 1.94 bits per heavy atom. The fourth-order valence-electron chi connectivity index (χ4n) is 1.34. The van der Waals surface area contributed by atoms with Crippen LogP contribution in [-0.4, -0.2) is 54.0 Å². The topological polar surface area (TPSA) is 61.8 Å². The number of carbonyl (C=O) groups is 1. The highest BCUT2D eigenvalue weighted by Gasteiger charge is 2.25. The second-order valence-electron chi connectivity index (χ2n) is 5.44. The number of rotatable bonds is 5. The number of hydrogen-bond donors (Lipinski definition) is 2. The molecule has 0 fully saturated rings. The summed E-state index contributed by atoms with van der Waals surface area (Å²) < 4.78 is 5.30. The molecule has 0 radical (unpaired) electrons. The molecule has 0 saturated carbocycles. The van der Waals surface area contributed by atoms with Gasteiger partial charge in [-0.1, -0.05) is 0 Å².